The number of piperazine rings is 1. The average molecular weight is 487 g/mol. The third-order valence-corrected chi connectivity index (χ3v) is 6.19. The minimum absolute atomic E-state index is 0.00232. The van der Waals surface area contributed by atoms with Crippen molar-refractivity contribution < 1.29 is 9.59 Å². The van der Waals surface area contributed by atoms with Crippen LogP contribution in [0.3, 0.4) is 0 Å². The maximum absolute atomic E-state index is 13.1. The fraction of sp³-hybridized carbons (Fsp3) is 0.455. The van der Waals surface area contributed by atoms with Gasteiger partial charge in [0.15, 0.2) is 0 Å². The van der Waals surface area contributed by atoms with Gasteiger partial charge >= 0.3 is 0 Å². The van der Waals surface area contributed by atoms with E-state index in [9.17, 15) is 9.59 Å². The van der Waals surface area contributed by atoms with E-state index < -0.39 is 0 Å². The van der Waals surface area contributed by atoms with Gasteiger partial charge in [0.2, 0.25) is 11.8 Å². The van der Waals surface area contributed by atoms with E-state index in [1.165, 1.54) is 0 Å². The van der Waals surface area contributed by atoms with Crippen LogP contribution in [-0.4, -0.2) is 66.0 Å². The van der Waals surface area contributed by atoms with Crippen LogP contribution in [0.5, 0.6) is 0 Å². The first-order chi connectivity index (χ1) is 14.9. The zero-order chi connectivity index (χ0) is 22.0. The predicted molar refractivity (Wildman–Crippen MR) is 124 cm³/mol. The van der Waals surface area contributed by atoms with Gasteiger partial charge in [-0.2, -0.15) is 0 Å². The molecule has 2 amide bonds. The first-order valence-electron chi connectivity index (χ1n) is 10.6. The molecule has 2 fully saturated rings. The molecule has 2 aromatic rings. The number of aromatic nitrogens is 2. The summed E-state index contributed by atoms with van der Waals surface area (Å²) < 4.78 is 0.918. The summed E-state index contributed by atoms with van der Waals surface area (Å²) in [5.74, 6) is 2.21. The van der Waals surface area contributed by atoms with Crippen LogP contribution < -0.4 is 15.1 Å². The number of rotatable bonds is 5. The lowest BCUT2D eigenvalue weighted by Gasteiger charge is -2.36. The Bertz CT molecular complexity index is 976. The molecule has 8 nitrogen and oxygen atoms in total. The predicted octanol–water partition coefficient (Wildman–Crippen LogP) is 2.68. The van der Waals surface area contributed by atoms with E-state index in [1.807, 2.05) is 49.1 Å². The lowest BCUT2D eigenvalue weighted by Crippen LogP contribution is -2.51. The van der Waals surface area contributed by atoms with Crippen LogP contribution in [0.15, 0.2) is 34.8 Å². The van der Waals surface area contributed by atoms with Crippen molar-refractivity contribution in [2.75, 3.05) is 54.4 Å². The number of nitrogens with one attached hydrogen (secondary N) is 1. The highest BCUT2D eigenvalue weighted by Gasteiger charge is 2.38. The number of hydrogen-bond acceptors (Lipinski definition) is 6. The van der Waals surface area contributed by atoms with Crippen molar-refractivity contribution in [3.8, 4) is 0 Å². The zero-order valence-electron chi connectivity index (χ0n) is 17.8. The standard InChI is InChI=1S/C22H27BrN6O2/c1-3-24-19-13-20(26-15(2)25-19)27-7-9-28(10-8-27)22(31)16-11-21(30)29(14-16)18-6-4-5-17(23)12-18/h4-6,12-13,16H,3,7-11,14H2,1-2H3,(H,24,25,26). The van der Waals surface area contributed by atoms with Crippen LogP contribution in [-0.2, 0) is 9.59 Å². The maximum atomic E-state index is 13.1. The Balaban J connectivity index is 1.37. The second-order valence-electron chi connectivity index (χ2n) is 7.89. The number of anilines is 3. The number of amides is 2. The first kappa shape index (κ1) is 21.5. The van der Waals surface area contributed by atoms with Gasteiger partial charge in [-0.3, -0.25) is 9.59 Å². The minimum Gasteiger partial charge on any atom is -0.370 e. The molecule has 0 saturated carbocycles. The Labute approximate surface area is 190 Å². The number of hydrogen-bond donors (Lipinski definition) is 1. The number of halogens is 1. The van der Waals surface area contributed by atoms with Crippen LogP contribution in [0.4, 0.5) is 17.3 Å². The molecule has 0 radical (unpaired) electrons. The third kappa shape index (κ3) is 4.81. The van der Waals surface area contributed by atoms with Gasteiger partial charge < -0.3 is 20.0 Å². The molecule has 164 valence electrons. The van der Waals surface area contributed by atoms with Crippen molar-refractivity contribution in [1.29, 1.82) is 0 Å². The molecule has 0 aliphatic carbocycles. The molecule has 2 saturated heterocycles. The zero-order valence-corrected chi connectivity index (χ0v) is 19.4. The van der Waals surface area contributed by atoms with Crippen LogP contribution in [0.25, 0.3) is 0 Å². The van der Waals surface area contributed by atoms with Crippen molar-refractivity contribution in [2.24, 2.45) is 5.92 Å². The molecule has 2 aliphatic heterocycles. The smallest absolute Gasteiger partial charge is 0.228 e. The SMILES string of the molecule is CCNc1cc(N2CCN(C(=O)C3CC(=O)N(c4cccc(Br)c4)C3)CC2)nc(C)n1. The van der Waals surface area contributed by atoms with E-state index in [4.69, 9.17) is 0 Å². The van der Waals surface area contributed by atoms with Gasteiger partial charge in [0.25, 0.3) is 0 Å². The number of carbonyl (C=O) groups is 2. The number of nitrogens with zero attached hydrogens (tertiary/aromatic N) is 5. The highest BCUT2D eigenvalue weighted by molar-refractivity contribution is 9.10. The van der Waals surface area contributed by atoms with Crippen molar-refractivity contribution in [2.45, 2.75) is 20.3 Å². The molecular weight excluding hydrogens is 460 g/mol. The molecule has 1 aromatic heterocycles. The average Bonchev–Trinajstić information content (AvgIpc) is 3.15. The molecule has 1 aromatic carbocycles. The summed E-state index contributed by atoms with van der Waals surface area (Å²) in [6.07, 6.45) is 0.267. The Kier molecular flexibility index (Phi) is 6.41. The van der Waals surface area contributed by atoms with E-state index in [0.717, 1.165) is 34.2 Å². The van der Waals surface area contributed by atoms with E-state index >= 15 is 0 Å². The highest BCUT2D eigenvalue weighted by Crippen LogP contribution is 2.29. The van der Waals surface area contributed by atoms with Crippen LogP contribution in [0.1, 0.15) is 19.2 Å². The van der Waals surface area contributed by atoms with Gasteiger partial charge in [-0.25, -0.2) is 9.97 Å². The first-order valence-corrected chi connectivity index (χ1v) is 11.4. The van der Waals surface area contributed by atoms with Gasteiger partial charge in [0, 0.05) is 61.9 Å². The van der Waals surface area contributed by atoms with E-state index in [0.29, 0.717) is 32.7 Å². The number of aryl methyl sites for hydroxylation is 1. The second kappa shape index (κ2) is 9.21. The summed E-state index contributed by atoms with van der Waals surface area (Å²) in [6, 6.07) is 9.60. The normalized spacial score (nSPS) is 19.1. The van der Waals surface area contributed by atoms with E-state index in [-0.39, 0.29) is 24.2 Å². The molecule has 0 spiro atoms. The Morgan fingerprint density at radius 1 is 1.19 bits per heavy atom. The summed E-state index contributed by atoms with van der Waals surface area (Å²) in [4.78, 5) is 40.4. The fourth-order valence-electron chi connectivity index (χ4n) is 4.17. The summed E-state index contributed by atoms with van der Waals surface area (Å²) in [6.45, 7) is 7.83. The molecule has 31 heavy (non-hydrogen) atoms. The van der Waals surface area contributed by atoms with Crippen molar-refractivity contribution >= 4 is 45.1 Å². The molecule has 3 heterocycles. The quantitative estimate of drug-likeness (QED) is 0.699. The molecular formula is C22H27BrN6O2. The summed E-state index contributed by atoms with van der Waals surface area (Å²) in [5.41, 5.74) is 0.829. The lowest BCUT2D eigenvalue weighted by atomic mass is 10.1. The van der Waals surface area contributed by atoms with Gasteiger partial charge in [-0.1, -0.05) is 22.0 Å². The third-order valence-electron chi connectivity index (χ3n) is 5.69. The molecule has 1 atom stereocenters. The summed E-state index contributed by atoms with van der Waals surface area (Å²) in [7, 11) is 0. The molecule has 9 heteroatoms. The largest absolute Gasteiger partial charge is 0.370 e. The lowest BCUT2D eigenvalue weighted by molar-refractivity contribution is -0.136. The molecule has 4 rings (SSSR count). The van der Waals surface area contributed by atoms with Gasteiger partial charge in [-0.05, 0) is 32.0 Å². The van der Waals surface area contributed by atoms with Crippen LogP contribution >= 0.6 is 15.9 Å². The highest BCUT2D eigenvalue weighted by atomic mass is 79.9. The molecule has 1 unspecified atom stereocenters. The van der Waals surface area contributed by atoms with Gasteiger partial charge in [0.1, 0.15) is 17.5 Å². The summed E-state index contributed by atoms with van der Waals surface area (Å²) >= 11 is 3.45. The van der Waals surface area contributed by atoms with Crippen molar-refractivity contribution in [3.05, 3.63) is 40.6 Å². The number of carbonyl (C=O) groups excluding carboxylic acids is 2. The molecule has 1 N–H and O–H groups in total. The van der Waals surface area contributed by atoms with Gasteiger partial charge in [-0.15, -0.1) is 0 Å². The topological polar surface area (TPSA) is 81.7 Å². The van der Waals surface area contributed by atoms with E-state index in [1.54, 1.807) is 4.90 Å². The second-order valence-corrected chi connectivity index (χ2v) is 8.80. The Hall–Kier alpha value is -2.68. The monoisotopic (exact) mass is 486 g/mol. The Morgan fingerprint density at radius 3 is 2.68 bits per heavy atom. The number of benzene rings is 1. The molecule has 0 bridgehead atoms. The minimum atomic E-state index is -0.292. The van der Waals surface area contributed by atoms with Crippen LogP contribution in [0.2, 0.25) is 0 Å². The van der Waals surface area contributed by atoms with Crippen LogP contribution in [0, 0.1) is 12.8 Å². The van der Waals surface area contributed by atoms with E-state index in [2.05, 4.69) is 36.1 Å². The Morgan fingerprint density at radius 2 is 1.97 bits per heavy atom. The molecule has 2 aliphatic rings. The van der Waals surface area contributed by atoms with Crippen molar-refractivity contribution in [1.82, 2.24) is 14.9 Å². The maximum Gasteiger partial charge on any atom is 0.228 e. The van der Waals surface area contributed by atoms with Crippen molar-refractivity contribution in [3.63, 3.8) is 0 Å². The summed E-state index contributed by atoms with van der Waals surface area (Å²) in [5, 5.41) is 3.24. The van der Waals surface area contributed by atoms with Gasteiger partial charge in [0.05, 0.1) is 5.92 Å². The fourth-order valence-corrected chi connectivity index (χ4v) is 4.55.